The third kappa shape index (κ3) is 6.59. The number of likely N-dealkylation sites (tertiary alicyclic amines) is 1. The predicted molar refractivity (Wildman–Crippen MR) is 157 cm³/mol. The highest BCUT2D eigenvalue weighted by molar-refractivity contribution is 5.95. The minimum absolute atomic E-state index is 0.392. The Morgan fingerprint density at radius 3 is 2.41 bits per heavy atom. The SMILES string of the molecule is COc1ccc(N(Cc2cnccc2C)C2CCN([C@H](C)CCc3c(C)nc(C)c(C(N)=O)c3C)CC2)cc1. The van der Waals surface area contributed by atoms with E-state index in [1.807, 2.05) is 45.3 Å². The van der Waals surface area contributed by atoms with Gasteiger partial charge in [-0.15, -0.1) is 0 Å². The van der Waals surface area contributed by atoms with E-state index in [0.717, 1.165) is 73.6 Å². The lowest BCUT2D eigenvalue weighted by atomic mass is 9.94. The first kappa shape index (κ1) is 28.6. The van der Waals surface area contributed by atoms with Gasteiger partial charge in [-0.2, -0.15) is 0 Å². The molecule has 0 saturated carbocycles. The molecule has 1 amide bonds. The molecule has 39 heavy (non-hydrogen) atoms. The van der Waals surface area contributed by atoms with E-state index in [4.69, 9.17) is 10.5 Å². The van der Waals surface area contributed by atoms with E-state index >= 15 is 0 Å². The molecule has 2 aromatic heterocycles. The average molecular weight is 530 g/mol. The quantitative estimate of drug-likeness (QED) is 0.383. The molecule has 1 fully saturated rings. The van der Waals surface area contributed by atoms with Crippen LogP contribution < -0.4 is 15.4 Å². The van der Waals surface area contributed by atoms with Crippen molar-refractivity contribution >= 4 is 11.6 Å². The lowest BCUT2D eigenvalue weighted by Gasteiger charge is -2.42. The molecule has 7 nitrogen and oxygen atoms in total. The van der Waals surface area contributed by atoms with Crippen LogP contribution in [-0.4, -0.2) is 53.1 Å². The number of nitrogens with two attached hydrogens (primary N) is 1. The molecule has 0 unspecified atom stereocenters. The van der Waals surface area contributed by atoms with Gasteiger partial charge in [0, 0.05) is 55.5 Å². The summed E-state index contributed by atoms with van der Waals surface area (Å²) in [5, 5.41) is 0. The molecule has 208 valence electrons. The topological polar surface area (TPSA) is 84.6 Å². The number of piperidine rings is 1. The zero-order chi connectivity index (χ0) is 28.1. The van der Waals surface area contributed by atoms with Crippen LogP contribution in [0.25, 0.3) is 0 Å². The van der Waals surface area contributed by atoms with E-state index in [1.165, 1.54) is 16.8 Å². The lowest BCUT2D eigenvalue weighted by Crippen LogP contribution is -2.47. The van der Waals surface area contributed by atoms with Crippen LogP contribution in [0.1, 0.15) is 70.2 Å². The summed E-state index contributed by atoms with van der Waals surface area (Å²) in [7, 11) is 1.71. The van der Waals surface area contributed by atoms with Crippen LogP contribution in [0, 0.1) is 27.7 Å². The average Bonchev–Trinajstić information content (AvgIpc) is 2.92. The third-order valence-corrected chi connectivity index (χ3v) is 8.48. The second kappa shape index (κ2) is 12.6. The van der Waals surface area contributed by atoms with Crippen molar-refractivity contribution in [2.75, 3.05) is 25.1 Å². The molecule has 1 saturated heterocycles. The fourth-order valence-corrected chi connectivity index (χ4v) is 6.02. The van der Waals surface area contributed by atoms with Crippen molar-refractivity contribution in [1.82, 2.24) is 14.9 Å². The Morgan fingerprint density at radius 1 is 1.10 bits per heavy atom. The van der Waals surface area contributed by atoms with Gasteiger partial charge in [0.1, 0.15) is 5.75 Å². The number of rotatable bonds is 10. The maximum atomic E-state index is 12.0. The minimum Gasteiger partial charge on any atom is -0.497 e. The first-order chi connectivity index (χ1) is 18.7. The van der Waals surface area contributed by atoms with E-state index in [-0.39, 0.29) is 0 Å². The minimum atomic E-state index is -0.392. The van der Waals surface area contributed by atoms with Crippen LogP contribution in [0.3, 0.4) is 0 Å². The molecule has 1 aliphatic rings. The number of ether oxygens (including phenoxy) is 1. The van der Waals surface area contributed by atoms with Gasteiger partial charge in [-0.05, 0) is 113 Å². The number of methoxy groups -OCH3 is 1. The zero-order valence-corrected chi connectivity index (χ0v) is 24.3. The normalized spacial score (nSPS) is 15.2. The van der Waals surface area contributed by atoms with E-state index in [0.29, 0.717) is 17.6 Å². The molecule has 3 aromatic rings. The zero-order valence-electron chi connectivity index (χ0n) is 24.3. The lowest BCUT2D eigenvalue weighted by molar-refractivity contribution is 0.0998. The molecule has 0 radical (unpaired) electrons. The molecule has 4 rings (SSSR count). The number of aryl methyl sites for hydroxylation is 3. The van der Waals surface area contributed by atoms with Gasteiger partial charge < -0.3 is 20.3 Å². The van der Waals surface area contributed by atoms with Gasteiger partial charge in [0.15, 0.2) is 0 Å². The number of aromatic nitrogens is 2. The van der Waals surface area contributed by atoms with Gasteiger partial charge in [-0.1, -0.05) is 0 Å². The molecule has 0 aliphatic carbocycles. The second-order valence-corrected chi connectivity index (χ2v) is 10.9. The van der Waals surface area contributed by atoms with Crippen molar-refractivity contribution in [3.8, 4) is 5.75 Å². The van der Waals surface area contributed by atoms with E-state index in [1.54, 1.807) is 7.11 Å². The highest BCUT2D eigenvalue weighted by Crippen LogP contribution is 2.29. The Balaban J connectivity index is 1.43. The summed E-state index contributed by atoms with van der Waals surface area (Å²) in [6.07, 6.45) is 7.98. The number of hydrogen-bond donors (Lipinski definition) is 1. The highest BCUT2D eigenvalue weighted by atomic mass is 16.5. The van der Waals surface area contributed by atoms with Crippen LogP contribution in [0.2, 0.25) is 0 Å². The van der Waals surface area contributed by atoms with Crippen molar-refractivity contribution in [2.45, 2.75) is 78.9 Å². The summed E-state index contributed by atoms with van der Waals surface area (Å²) in [5.74, 6) is 0.480. The van der Waals surface area contributed by atoms with Crippen molar-refractivity contribution in [1.29, 1.82) is 0 Å². The summed E-state index contributed by atoms with van der Waals surface area (Å²) in [4.78, 5) is 26.2. The third-order valence-electron chi connectivity index (χ3n) is 8.48. The molecular weight excluding hydrogens is 486 g/mol. The van der Waals surface area contributed by atoms with Crippen molar-refractivity contribution in [3.63, 3.8) is 0 Å². The molecule has 1 aromatic carbocycles. The van der Waals surface area contributed by atoms with Gasteiger partial charge in [0.2, 0.25) is 0 Å². The van der Waals surface area contributed by atoms with E-state index in [2.05, 4.69) is 51.8 Å². The van der Waals surface area contributed by atoms with Crippen LogP contribution in [-0.2, 0) is 13.0 Å². The van der Waals surface area contributed by atoms with E-state index in [9.17, 15) is 4.79 Å². The summed E-state index contributed by atoms with van der Waals surface area (Å²) in [6, 6.07) is 11.4. The molecule has 3 heterocycles. The fourth-order valence-electron chi connectivity index (χ4n) is 6.02. The number of nitrogens with zero attached hydrogens (tertiary/aromatic N) is 4. The molecule has 2 N–H and O–H groups in total. The maximum Gasteiger partial charge on any atom is 0.250 e. The number of carbonyl (C=O) groups excluding carboxylic acids is 1. The van der Waals surface area contributed by atoms with Crippen LogP contribution >= 0.6 is 0 Å². The number of pyridine rings is 2. The molecule has 1 aliphatic heterocycles. The molecule has 7 heteroatoms. The molecule has 0 spiro atoms. The van der Waals surface area contributed by atoms with Crippen LogP contribution in [0.15, 0.2) is 42.7 Å². The fraction of sp³-hybridized carbons (Fsp3) is 0.469. The van der Waals surface area contributed by atoms with Gasteiger partial charge in [-0.3, -0.25) is 14.8 Å². The number of primary amides is 1. The first-order valence-corrected chi connectivity index (χ1v) is 14.0. The van der Waals surface area contributed by atoms with Crippen molar-refractivity contribution in [3.05, 3.63) is 81.9 Å². The number of hydrogen-bond acceptors (Lipinski definition) is 6. The summed E-state index contributed by atoms with van der Waals surface area (Å²) < 4.78 is 5.40. The summed E-state index contributed by atoms with van der Waals surface area (Å²) in [5.41, 5.74) is 13.8. The Kier molecular flexibility index (Phi) is 9.23. The largest absolute Gasteiger partial charge is 0.497 e. The Hall–Kier alpha value is -3.45. The number of anilines is 1. The predicted octanol–water partition coefficient (Wildman–Crippen LogP) is 5.31. The van der Waals surface area contributed by atoms with Gasteiger partial charge in [0.25, 0.3) is 5.91 Å². The number of benzene rings is 1. The van der Waals surface area contributed by atoms with Crippen molar-refractivity contribution in [2.24, 2.45) is 5.73 Å². The Bertz CT molecular complexity index is 1280. The first-order valence-electron chi connectivity index (χ1n) is 14.0. The summed E-state index contributed by atoms with van der Waals surface area (Å²) >= 11 is 0. The van der Waals surface area contributed by atoms with Gasteiger partial charge in [-0.25, -0.2) is 0 Å². The molecule has 0 bridgehead atoms. The van der Waals surface area contributed by atoms with Crippen LogP contribution in [0.5, 0.6) is 5.75 Å². The second-order valence-electron chi connectivity index (χ2n) is 10.9. The molecular formula is C32H43N5O2. The van der Waals surface area contributed by atoms with E-state index < -0.39 is 5.91 Å². The van der Waals surface area contributed by atoms with Crippen molar-refractivity contribution < 1.29 is 9.53 Å². The maximum absolute atomic E-state index is 12.0. The monoisotopic (exact) mass is 529 g/mol. The van der Waals surface area contributed by atoms with Gasteiger partial charge in [0.05, 0.1) is 18.4 Å². The molecule has 1 atom stereocenters. The smallest absolute Gasteiger partial charge is 0.250 e. The van der Waals surface area contributed by atoms with Crippen LogP contribution in [0.4, 0.5) is 5.69 Å². The number of amides is 1. The standard InChI is InChI=1S/C32H43N5O2/c1-21-13-16-34-19-26(21)20-37(27-8-10-29(39-6)11-9-27)28-14-17-36(18-15-28)22(2)7-12-30-23(3)31(32(33)38)25(5)35-24(30)4/h8-11,13,16,19,22,28H,7,12,14-15,17-18,20H2,1-6H3,(H2,33,38)/t22-/m1/s1. The summed E-state index contributed by atoms with van der Waals surface area (Å²) in [6.45, 7) is 13.3. The van der Waals surface area contributed by atoms with Gasteiger partial charge >= 0.3 is 0 Å². The number of carbonyl (C=O) groups is 1. The Morgan fingerprint density at radius 2 is 1.79 bits per heavy atom. The Labute approximate surface area is 233 Å². The highest BCUT2D eigenvalue weighted by Gasteiger charge is 2.28.